The van der Waals surface area contributed by atoms with Gasteiger partial charge in [0.25, 0.3) is 0 Å². The van der Waals surface area contributed by atoms with Crippen LogP contribution in [0.15, 0.2) is 59.5 Å². The van der Waals surface area contributed by atoms with Gasteiger partial charge in [-0.05, 0) is 29.8 Å². The summed E-state index contributed by atoms with van der Waals surface area (Å²) in [7, 11) is -3.87. The van der Waals surface area contributed by atoms with Crippen LogP contribution in [-0.2, 0) is 21.4 Å². The van der Waals surface area contributed by atoms with Gasteiger partial charge in [0, 0.05) is 6.54 Å². The minimum absolute atomic E-state index is 0.0679. The van der Waals surface area contributed by atoms with E-state index in [1.807, 2.05) is 0 Å². The number of nitrogens with two attached hydrogens (primary N) is 1. The predicted octanol–water partition coefficient (Wildman–Crippen LogP) is 1.50. The van der Waals surface area contributed by atoms with E-state index in [9.17, 15) is 17.6 Å². The second-order valence-electron chi connectivity index (χ2n) is 4.68. The molecule has 2 N–H and O–H groups in total. The number of rotatable bonds is 6. The summed E-state index contributed by atoms with van der Waals surface area (Å²) in [4.78, 5) is 11.3. The van der Waals surface area contributed by atoms with E-state index in [0.29, 0.717) is 5.56 Å². The molecule has 0 saturated carbocycles. The summed E-state index contributed by atoms with van der Waals surface area (Å²) in [6.07, 6.45) is 0. The van der Waals surface area contributed by atoms with Gasteiger partial charge >= 0.3 is 0 Å². The van der Waals surface area contributed by atoms with Crippen LogP contribution in [0.25, 0.3) is 0 Å². The molecule has 116 valence electrons. The third-order valence-corrected chi connectivity index (χ3v) is 4.79. The molecule has 2 aromatic rings. The summed E-state index contributed by atoms with van der Waals surface area (Å²) in [5.74, 6) is -1.18. The number of carbonyl (C=O) groups excluding carboxylic acids is 1. The van der Waals surface area contributed by atoms with E-state index in [4.69, 9.17) is 5.73 Å². The molecule has 22 heavy (non-hydrogen) atoms. The van der Waals surface area contributed by atoms with Crippen molar-refractivity contribution < 1.29 is 17.6 Å². The Labute approximate surface area is 128 Å². The molecule has 5 nitrogen and oxygen atoms in total. The quantitative estimate of drug-likeness (QED) is 0.875. The van der Waals surface area contributed by atoms with Gasteiger partial charge in [0.15, 0.2) is 0 Å². The number of nitrogens with zero attached hydrogens (tertiary/aromatic N) is 1. The lowest BCUT2D eigenvalue weighted by Gasteiger charge is -2.21. The highest BCUT2D eigenvalue weighted by atomic mass is 32.2. The third kappa shape index (κ3) is 3.90. The topological polar surface area (TPSA) is 80.5 Å². The van der Waals surface area contributed by atoms with Gasteiger partial charge in [0.05, 0.1) is 11.4 Å². The maximum absolute atomic E-state index is 12.9. The van der Waals surface area contributed by atoms with Gasteiger partial charge in [-0.25, -0.2) is 12.8 Å². The smallest absolute Gasteiger partial charge is 0.243 e. The number of hydrogen-bond acceptors (Lipinski definition) is 3. The van der Waals surface area contributed by atoms with Gasteiger partial charge in [0.2, 0.25) is 15.9 Å². The molecule has 0 aromatic heterocycles. The molecule has 7 heteroatoms. The third-order valence-electron chi connectivity index (χ3n) is 2.99. The molecule has 0 unspecified atom stereocenters. The first kappa shape index (κ1) is 16.1. The zero-order chi connectivity index (χ0) is 16.2. The molecular weight excluding hydrogens is 307 g/mol. The van der Waals surface area contributed by atoms with E-state index >= 15 is 0 Å². The highest BCUT2D eigenvalue weighted by molar-refractivity contribution is 7.89. The first-order valence-corrected chi connectivity index (χ1v) is 7.91. The summed E-state index contributed by atoms with van der Waals surface area (Å²) in [5.41, 5.74) is 5.70. The first-order chi connectivity index (χ1) is 10.4. The van der Waals surface area contributed by atoms with Gasteiger partial charge in [0.1, 0.15) is 5.82 Å². The zero-order valence-corrected chi connectivity index (χ0v) is 12.5. The lowest BCUT2D eigenvalue weighted by atomic mass is 10.2. The van der Waals surface area contributed by atoms with Crippen molar-refractivity contribution >= 4 is 15.9 Å². The van der Waals surface area contributed by atoms with Crippen LogP contribution in [0.3, 0.4) is 0 Å². The van der Waals surface area contributed by atoms with Crippen LogP contribution in [0.5, 0.6) is 0 Å². The molecule has 0 aliphatic heterocycles. The Balaban J connectivity index is 2.33. The van der Waals surface area contributed by atoms with Crippen LogP contribution >= 0.6 is 0 Å². The Morgan fingerprint density at radius 1 is 1.05 bits per heavy atom. The van der Waals surface area contributed by atoms with Crippen molar-refractivity contribution in [1.29, 1.82) is 0 Å². The van der Waals surface area contributed by atoms with Crippen LogP contribution in [0.1, 0.15) is 5.56 Å². The summed E-state index contributed by atoms with van der Waals surface area (Å²) in [6.45, 7) is -0.519. The standard InChI is InChI=1S/C15H15FN2O3S/c16-13-8-6-12(7-9-13)10-18(11-15(17)19)22(20,21)14-4-2-1-3-5-14/h1-9H,10-11H2,(H2,17,19). The van der Waals surface area contributed by atoms with Crippen LogP contribution in [0.4, 0.5) is 4.39 Å². The molecule has 0 bridgehead atoms. The largest absolute Gasteiger partial charge is 0.369 e. The van der Waals surface area contributed by atoms with Crippen molar-refractivity contribution in [2.75, 3.05) is 6.54 Å². The second-order valence-corrected chi connectivity index (χ2v) is 6.62. The molecule has 1 amide bonds. The van der Waals surface area contributed by atoms with Gasteiger partial charge < -0.3 is 5.73 Å². The van der Waals surface area contributed by atoms with Crippen molar-refractivity contribution in [3.8, 4) is 0 Å². The van der Waals surface area contributed by atoms with E-state index in [2.05, 4.69) is 0 Å². The molecule has 0 atom stereocenters. The molecule has 2 rings (SSSR count). The van der Waals surface area contributed by atoms with Crippen LogP contribution in [0.2, 0.25) is 0 Å². The van der Waals surface area contributed by atoms with Crippen LogP contribution in [0, 0.1) is 5.82 Å². The highest BCUT2D eigenvalue weighted by Gasteiger charge is 2.25. The fraction of sp³-hybridized carbons (Fsp3) is 0.133. The summed E-state index contributed by atoms with van der Waals surface area (Å²) >= 11 is 0. The van der Waals surface area contributed by atoms with E-state index in [1.54, 1.807) is 18.2 Å². The summed E-state index contributed by atoms with van der Waals surface area (Å²) in [5, 5.41) is 0. The number of hydrogen-bond donors (Lipinski definition) is 1. The maximum atomic E-state index is 12.9. The molecule has 0 fully saturated rings. The van der Waals surface area contributed by atoms with Crippen molar-refractivity contribution in [3.05, 3.63) is 66.0 Å². The number of amides is 1. The van der Waals surface area contributed by atoms with Crippen LogP contribution in [-0.4, -0.2) is 25.2 Å². The minimum atomic E-state index is -3.87. The number of halogens is 1. The molecule has 0 spiro atoms. The molecule has 2 aromatic carbocycles. The SMILES string of the molecule is NC(=O)CN(Cc1ccc(F)cc1)S(=O)(=O)c1ccccc1. The Morgan fingerprint density at radius 3 is 2.18 bits per heavy atom. The second kappa shape index (κ2) is 6.67. The highest BCUT2D eigenvalue weighted by Crippen LogP contribution is 2.18. The average molecular weight is 322 g/mol. The Hall–Kier alpha value is -2.25. The van der Waals surface area contributed by atoms with E-state index in [0.717, 1.165) is 4.31 Å². The van der Waals surface area contributed by atoms with Gasteiger partial charge in [-0.1, -0.05) is 30.3 Å². The number of sulfonamides is 1. The summed E-state index contributed by atoms with van der Waals surface area (Å²) in [6, 6.07) is 13.1. The Kier molecular flexibility index (Phi) is 4.89. The predicted molar refractivity (Wildman–Crippen MR) is 79.6 cm³/mol. The van der Waals surface area contributed by atoms with Crippen molar-refractivity contribution in [2.45, 2.75) is 11.4 Å². The van der Waals surface area contributed by atoms with Gasteiger partial charge in [-0.2, -0.15) is 4.31 Å². The molecule has 0 saturated heterocycles. The van der Waals surface area contributed by atoms with Crippen LogP contribution < -0.4 is 5.73 Å². The zero-order valence-electron chi connectivity index (χ0n) is 11.6. The number of carbonyl (C=O) groups is 1. The lowest BCUT2D eigenvalue weighted by Crippen LogP contribution is -2.37. The normalized spacial score (nSPS) is 11.5. The van der Waals surface area contributed by atoms with E-state index < -0.39 is 28.3 Å². The molecular formula is C15H15FN2O3S. The lowest BCUT2D eigenvalue weighted by molar-refractivity contribution is -0.118. The molecule has 0 aliphatic carbocycles. The number of benzene rings is 2. The number of primary amides is 1. The fourth-order valence-electron chi connectivity index (χ4n) is 1.93. The van der Waals surface area contributed by atoms with Crippen molar-refractivity contribution in [1.82, 2.24) is 4.31 Å². The molecule has 0 radical (unpaired) electrons. The minimum Gasteiger partial charge on any atom is -0.369 e. The van der Waals surface area contributed by atoms with Crippen molar-refractivity contribution in [3.63, 3.8) is 0 Å². The summed E-state index contributed by atoms with van der Waals surface area (Å²) < 4.78 is 39.1. The van der Waals surface area contributed by atoms with E-state index in [-0.39, 0.29) is 11.4 Å². The maximum Gasteiger partial charge on any atom is 0.243 e. The van der Waals surface area contributed by atoms with Crippen molar-refractivity contribution in [2.24, 2.45) is 5.73 Å². The Bertz CT molecular complexity index is 746. The van der Waals surface area contributed by atoms with E-state index in [1.165, 1.54) is 36.4 Å². The fourth-order valence-corrected chi connectivity index (χ4v) is 3.35. The Morgan fingerprint density at radius 2 is 1.64 bits per heavy atom. The molecule has 0 heterocycles. The monoisotopic (exact) mass is 322 g/mol. The van der Waals surface area contributed by atoms with Gasteiger partial charge in [-0.3, -0.25) is 4.79 Å². The van der Waals surface area contributed by atoms with Gasteiger partial charge in [-0.15, -0.1) is 0 Å². The average Bonchev–Trinajstić information content (AvgIpc) is 2.49. The molecule has 0 aliphatic rings. The first-order valence-electron chi connectivity index (χ1n) is 6.47.